The van der Waals surface area contributed by atoms with Crippen molar-refractivity contribution in [3.8, 4) is 11.8 Å². The Morgan fingerprint density at radius 2 is 1.92 bits per heavy atom. The monoisotopic (exact) mass is 356 g/mol. The molecular formula is C18H20N4O4. The molecule has 0 saturated heterocycles. The van der Waals surface area contributed by atoms with Gasteiger partial charge in [-0.15, -0.1) is 0 Å². The molecule has 1 saturated carbocycles. The second kappa shape index (κ2) is 7.92. The number of anilines is 1. The number of imide groups is 1. The van der Waals surface area contributed by atoms with Crippen LogP contribution in [0.4, 0.5) is 10.5 Å². The largest absolute Gasteiger partial charge is 0.424 e. The highest BCUT2D eigenvalue weighted by Crippen LogP contribution is 2.29. The van der Waals surface area contributed by atoms with Crippen molar-refractivity contribution in [1.82, 2.24) is 15.3 Å². The van der Waals surface area contributed by atoms with Gasteiger partial charge in [0.25, 0.3) is 0 Å². The Labute approximate surface area is 150 Å². The number of aryl methyl sites for hydroxylation is 1. The van der Waals surface area contributed by atoms with E-state index in [9.17, 15) is 9.59 Å². The molecule has 3 amide bonds. The molecule has 0 atom stereocenters. The first-order valence-corrected chi connectivity index (χ1v) is 8.25. The summed E-state index contributed by atoms with van der Waals surface area (Å²) in [7, 11) is 1.61. The number of nitrogens with zero attached hydrogens (tertiary/aromatic N) is 2. The lowest BCUT2D eigenvalue weighted by Gasteiger charge is -2.32. The van der Waals surface area contributed by atoms with Gasteiger partial charge in [-0.3, -0.25) is 10.1 Å². The minimum atomic E-state index is -0.582. The summed E-state index contributed by atoms with van der Waals surface area (Å²) in [5, 5.41) is 4.98. The number of carbonyl (C=O) groups excluding carboxylic acids is 2. The van der Waals surface area contributed by atoms with Crippen molar-refractivity contribution >= 4 is 17.6 Å². The molecule has 0 spiro atoms. The van der Waals surface area contributed by atoms with Gasteiger partial charge >= 0.3 is 12.0 Å². The minimum absolute atomic E-state index is 0.103. The maximum Gasteiger partial charge on any atom is 0.325 e. The number of benzene rings is 1. The first-order chi connectivity index (χ1) is 12.5. The molecule has 2 aromatic rings. The maximum atomic E-state index is 12.0. The van der Waals surface area contributed by atoms with Crippen LogP contribution in [0, 0.1) is 12.8 Å². The topological polar surface area (TPSA) is 102 Å². The number of carbonyl (C=O) groups is 2. The van der Waals surface area contributed by atoms with Gasteiger partial charge in [0.1, 0.15) is 5.75 Å². The molecule has 8 heteroatoms. The molecule has 1 aliphatic rings. The number of aromatic nitrogens is 2. The quantitative estimate of drug-likeness (QED) is 0.854. The fourth-order valence-corrected chi connectivity index (χ4v) is 2.57. The van der Waals surface area contributed by atoms with Crippen molar-refractivity contribution in [3.05, 3.63) is 42.2 Å². The predicted octanol–water partition coefficient (Wildman–Crippen LogP) is 2.65. The molecule has 1 aromatic carbocycles. The second-order valence-electron chi connectivity index (χ2n) is 6.08. The van der Waals surface area contributed by atoms with Gasteiger partial charge in [-0.1, -0.05) is 6.07 Å². The Kier molecular flexibility index (Phi) is 5.43. The number of rotatable bonds is 5. The Hall–Kier alpha value is -3.00. The maximum absolute atomic E-state index is 12.0. The third-order valence-corrected chi connectivity index (χ3v) is 4.23. The van der Waals surface area contributed by atoms with Crippen molar-refractivity contribution in [3.63, 3.8) is 0 Å². The lowest BCUT2D eigenvalue weighted by Crippen LogP contribution is -2.45. The van der Waals surface area contributed by atoms with E-state index in [1.807, 2.05) is 6.92 Å². The number of ether oxygens (including phenoxy) is 2. The Morgan fingerprint density at radius 3 is 2.62 bits per heavy atom. The number of hydrogen-bond donors (Lipinski definition) is 2. The average Bonchev–Trinajstić information content (AvgIpc) is 2.58. The fraction of sp³-hybridized carbons (Fsp3) is 0.333. The van der Waals surface area contributed by atoms with Gasteiger partial charge in [0.2, 0.25) is 5.91 Å². The molecule has 3 rings (SSSR count). The first kappa shape index (κ1) is 17.8. The van der Waals surface area contributed by atoms with Crippen LogP contribution in [0.3, 0.4) is 0 Å². The van der Waals surface area contributed by atoms with E-state index in [1.165, 1.54) is 0 Å². The van der Waals surface area contributed by atoms with Crippen LogP contribution in [0.25, 0.3) is 0 Å². The van der Waals surface area contributed by atoms with Crippen molar-refractivity contribution in [2.45, 2.75) is 25.9 Å². The van der Waals surface area contributed by atoms with E-state index in [0.29, 0.717) is 24.3 Å². The summed E-state index contributed by atoms with van der Waals surface area (Å²) in [5.41, 5.74) is 1.36. The zero-order chi connectivity index (χ0) is 18.5. The van der Waals surface area contributed by atoms with Crippen molar-refractivity contribution < 1.29 is 19.1 Å². The SMILES string of the molecule is COC1CC(C(=O)NC(=O)Nc2ccc(C)c(Oc3ncccn3)c2)C1. The predicted molar refractivity (Wildman–Crippen MR) is 94.0 cm³/mol. The van der Waals surface area contributed by atoms with Crippen LogP contribution < -0.4 is 15.4 Å². The van der Waals surface area contributed by atoms with Crippen molar-refractivity contribution in [2.75, 3.05) is 12.4 Å². The number of urea groups is 1. The Balaban J connectivity index is 1.58. The van der Waals surface area contributed by atoms with Gasteiger partial charge < -0.3 is 14.8 Å². The molecule has 1 aromatic heterocycles. The van der Waals surface area contributed by atoms with Crippen LogP contribution in [0.5, 0.6) is 11.8 Å². The Morgan fingerprint density at radius 1 is 1.19 bits per heavy atom. The second-order valence-corrected chi connectivity index (χ2v) is 6.08. The van der Waals surface area contributed by atoms with Crippen LogP contribution in [-0.4, -0.2) is 35.1 Å². The molecule has 8 nitrogen and oxygen atoms in total. The van der Waals surface area contributed by atoms with Crippen LogP contribution in [0.1, 0.15) is 18.4 Å². The van der Waals surface area contributed by atoms with Crippen LogP contribution in [0.15, 0.2) is 36.7 Å². The van der Waals surface area contributed by atoms with Gasteiger partial charge in [-0.25, -0.2) is 14.8 Å². The van der Waals surface area contributed by atoms with Crippen LogP contribution in [0.2, 0.25) is 0 Å². The summed E-state index contributed by atoms with van der Waals surface area (Å²) >= 11 is 0. The van der Waals surface area contributed by atoms with E-state index < -0.39 is 6.03 Å². The third-order valence-electron chi connectivity index (χ3n) is 4.23. The molecule has 1 aliphatic carbocycles. The van der Waals surface area contributed by atoms with Gasteiger partial charge in [0, 0.05) is 37.2 Å². The van der Waals surface area contributed by atoms with Crippen LogP contribution in [-0.2, 0) is 9.53 Å². The summed E-state index contributed by atoms with van der Waals surface area (Å²) < 4.78 is 10.8. The van der Waals surface area contributed by atoms with E-state index in [-0.39, 0.29) is 23.9 Å². The van der Waals surface area contributed by atoms with Crippen molar-refractivity contribution in [1.29, 1.82) is 0 Å². The van der Waals surface area contributed by atoms with Gasteiger partial charge in [0.15, 0.2) is 0 Å². The molecule has 0 unspecified atom stereocenters. The standard InChI is InChI=1S/C18H20N4O4/c1-11-4-5-13(10-15(11)26-18-19-6-3-7-20-18)21-17(24)22-16(23)12-8-14(9-12)25-2/h3-7,10,12,14H,8-9H2,1-2H3,(H2,21,22,23,24). The molecule has 0 radical (unpaired) electrons. The van der Waals surface area contributed by atoms with E-state index in [2.05, 4.69) is 20.6 Å². The van der Waals surface area contributed by atoms with E-state index in [1.54, 1.807) is 43.8 Å². The van der Waals surface area contributed by atoms with Crippen molar-refractivity contribution in [2.24, 2.45) is 5.92 Å². The highest BCUT2D eigenvalue weighted by atomic mass is 16.5. The molecular weight excluding hydrogens is 336 g/mol. The fourth-order valence-electron chi connectivity index (χ4n) is 2.57. The molecule has 0 aliphatic heterocycles. The van der Waals surface area contributed by atoms with Gasteiger partial charge in [-0.2, -0.15) is 0 Å². The number of nitrogens with one attached hydrogen (secondary N) is 2. The minimum Gasteiger partial charge on any atom is -0.424 e. The highest BCUT2D eigenvalue weighted by Gasteiger charge is 2.35. The molecule has 1 heterocycles. The molecule has 1 fully saturated rings. The summed E-state index contributed by atoms with van der Waals surface area (Å²) in [6.07, 6.45) is 4.52. The lowest BCUT2D eigenvalue weighted by atomic mass is 9.81. The number of amides is 3. The number of hydrogen-bond acceptors (Lipinski definition) is 6. The average molecular weight is 356 g/mol. The van der Waals surface area contributed by atoms with E-state index in [0.717, 1.165) is 5.56 Å². The molecule has 2 N–H and O–H groups in total. The highest BCUT2D eigenvalue weighted by molar-refractivity contribution is 6.02. The zero-order valence-corrected chi connectivity index (χ0v) is 14.6. The summed E-state index contributed by atoms with van der Waals surface area (Å²) in [6.45, 7) is 1.87. The van der Waals surface area contributed by atoms with E-state index >= 15 is 0 Å². The van der Waals surface area contributed by atoms with Gasteiger partial charge in [0.05, 0.1) is 6.10 Å². The third kappa shape index (κ3) is 4.34. The summed E-state index contributed by atoms with van der Waals surface area (Å²) in [5.74, 6) is 0.0390. The lowest BCUT2D eigenvalue weighted by molar-refractivity contribution is -0.131. The first-order valence-electron chi connectivity index (χ1n) is 8.25. The van der Waals surface area contributed by atoms with Gasteiger partial charge in [-0.05, 0) is 37.5 Å². The number of methoxy groups -OCH3 is 1. The Bertz CT molecular complexity index is 791. The van der Waals surface area contributed by atoms with E-state index in [4.69, 9.17) is 9.47 Å². The molecule has 26 heavy (non-hydrogen) atoms. The zero-order valence-electron chi connectivity index (χ0n) is 14.6. The summed E-state index contributed by atoms with van der Waals surface area (Å²) in [6, 6.07) is 6.50. The normalized spacial score (nSPS) is 18.5. The summed E-state index contributed by atoms with van der Waals surface area (Å²) in [4.78, 5) is 32.0. The molecule has 0 bridgehead atoms. The van der Waals surface area contributed by atoms with Crippen LogP contribution >= 0.6 is 0 Å². The smallest absolute Gasteiger partial charge is 0.325 e. The molecule has 136 valence electrons.